The average Bonchev–Trinajstić information content (AvgIpc) is 2.56. The van der Waals surface area contributed by atoms with E-state index in [1.54, 1.807) is 0 Å². The second-order valence-electron chi connectivity index (χ2n) is 6.52. The summed E-state index contributed by atoms with van der Waals surface area (Å²) < 4.78 is 0. The van der Waals surface area contributed by atoms with Crippen LogP contribution in [-0.2, 0) is 4.79 Å². The molecule has 0 aliphatic heterocycles. The minimum atomic E-state index is 0.112. The standard InChI is InChI=1S/C19H40N2O2/c1-3-5-6-7-8-9-10-11-12-13-15-21-19(23)14-16-20-18(4-2)17-22/h18,20,22H,3-17H2,1-2H3,(H,21,23). The maximum Gasteiger partial charge on any atom is 0.221 e. The van der Waals surface area contributed by atoms with E-state index < -0.39 is 0 Å². The molecule has 1 amide bonds. The Bertz CT molecular complexity index is 256. The summed E-state index contributed by atoms with van der Waals surface area (Å²) in [5.74, 6) is 0.112. The van der Waals surface area contributed by atoms with Crippen molar-refractivity contribution >= 4 is 5.91 Å². The van der Waals surface area contributed by atoms with Gasteiger partial charge in [-0.3, -0.25) is 4.79 Å². The van der Waals surface area contributed by atoms with E-state index in [2.05, 4.69) is 17.6 Å². The van der Waals surface area contributed by atoms with Crippen LogP contribution in [0.3, 0.4) is 0 Å². The zero-order valence-electron chi connectivity index (χ0n) is 15.5. The number of carbonyl (C=O) groups is 1. The molecule has 0 rings (SSSR count). The molecule has 0 aromatic carbocycles. The van der Waals surface area contributed by atoms with Gasteiger partial charge in [-0.2, -0.15) is 0 Å². The molecule has 0 aliphatic carbocycles. The van der Waals surface area contributed by atoms with Crippen LogP contribution in [-0.4, -0.2) is 36.8 Å². The maximum atomic E-state index is 11.6. The Kier molecular flexibility index (Phi) is 17.3. The van der Waals surface area contributed by atoms with Crippen LogP contribution < -0.4 is 10.6 Å². The van der Waals surface area contributed by atoms with E-state index in [1.807, 2.05) is 6.92 Å². The van der Waals surface area contributed by atoms with Crippen LogP contribution in [0.25, 0.3) is 0 Å². The summed E-state index contributed by atoms with van der Waals surface area (Å²) in [7, 11) is 0. The Morgan fingerprint density at radius 2 is 1.43 bits per heavy atom. The van der Waals surface area contributed by atoms with E-state index in [0.717, 1.165) is 19.4 Å². The monoisotopic (exact) mass is 328 g/mol. The summed E-state index contributed by atoms with van der Waals surface area (Å²) >= 11 is 0. The number of amides is 1. The molecule has 0 aliphatic rings. The van der Waals surface area contributed by atoms with E-state index >= 15 is 0 Å². The van der Waals surface area contributed by atoms with Crippen LogP contribution in [0, 0.1) is 0 Å². The van der Waals surface area contributed by atoms with Gasteiger partial charge < -0.3 is 15.7 Å². The van der Waals surface area contributed by atoms with E-state index in [4.69, 9.17) is 5.11 Å². The highest BCUT2D eigenvalue weighted by atomic mass is 16.3. The normalized spacial score (nSPS) is 12.3. The molecule has 0 saturated heterocycles. The molecule has 0 heterocycles. The van der Waals surface area contributed by atoms with Gasteiger partial charge in [-0.1, -0.05) is 71.6 Å². The molecule has 23 heavy (non-hydrogen) atoms. The lowest BCUT2D eigenvalue weighted by Crippen LogP contribution is -2.35. The molecule has 0 bridgehead atoms. The fraction of sp³-hybridized carbons (Fsp3) is 0.947. The number of hydrogen-bond acceptors (Lipinski definition) is 3. The van der Waals surface area contributed by atoms with Crippen molar-refractivity contribution in [2.75, 3.05) is 19.7 Å². The molecular weight excluding hydrogens is 288 g/mol. The summed E-state index contributed by atoms with van der Waals surface area (Å²) in [6.07, 6.45) is 14.6. The van der Waals surface area contributed by atoms with E-state index in [0.29, 0.717) is 13.0 Å². The van der Waals surface area contributed by atoms with Crippen molar-refractivity contribution in [3.05, 3.63) is 0 Å². The van der Waals surface area contributed by atoms with Crippen LogP contribution in [0.4, 0.5) is 0 Å². The highest BCUT2D eigenvalue weighted by molar-refractivity contribution is 5.75. The van der Waals surface area contributed by atoms with Gasteiger partial charge in [-0.25, -0.2) is 0 Å². The van der Waals surface area contributed by atoms with Gasteiger partial charge >= 0.3 is 0 Å². The minimum absolute atomic E-state index is 0.112. The summed E-state index contributed by atoms with van der Waals surface area (Å²) in [6.45, 7) is 5.86. The summed E-state index contributed by atoms with van der Waals surface area (Å²) in [6, 6.07) is 0.116. The Hall–Kier alpha value is -0.610. The Labute approximate surface area is 143 Å². The second-order valence-corrected chi connectivity index (χ2v) is 6.52. The number of hydrogen-bond donors (Lipinski definition) is 3. The van der Waals surface area contributed by atoms with E-state index in [1.165, 1.54) is 57.8 Å². The van der Waals surface area contributed by atoms with Crippen molar-refractivity contribution in [1.29, 1.82) is 0 Å². The van der Waals surface area contributed by atoms with Gasteiger partial charge in [-0.15, -0.1) is 0 Å². The SMILES string of the molecule is CCCCCCCCCCCCNC(=O)CCNC(CC)CO. The molecule has 138 valence electrons. The third kappa shape index (κ3) is 16.0. The lowest BCUT2D eigenvalue weighted by Gasteiger charge is -2.13. The summed E-state index contributed by atoms with van der Waals surface area (Å²) in [4.78, 5) is 11.6. The minimum Gasteiger partial charge on any atom is -0.395 e. The lowest BCUT2D eigenvalue weighted by atomic mass is 10.1. The molecule has 0 saturated carbocycles. The molecule has 4 heteroatoms. The second kappa shape index (κ2) is 17.7. The fourth-order valence-corrected chi connectivity index (χ4v) is 2.66. The third-order valence-electron chi connectivity index (χ3n) is 4.35. The first-order valence-electron chi connectivity index (χ1n) is 9.85. The van der Waals surface area contributed by atoms with E-state index in [-0.39, 0.29) is 18.6 Å². The fourth-order valence-electron chi connectivity index (χ4n) is 2.66. The van der Waals surface area contributed by atoms with E-state index in [9.17, 15) is 4.79 Å². The zero-order chi connectivity index (χ0) is 17.2. The molecule has 0 aromatic rings. The number of carbonyl (C=O) groups excluding carboxylic acids is 1. The number of aliphatic hydroxyl groups excluding tert-OH is 1. The largest absolute Gasteiger partial charge is 0.395 e. The number of rotatable bonds is 17. The number of unbranched alkanes of at least 4 members (excludes halogenated alkanes) is 9. The third-order valence-corrected chi connectivity index (χ3v) is 4.35. The molecule has 0 aromatic heterocycles. The van der Waals surface area contributed by atoms with Gasteiger partial charge in [0.1, 0.15) is 0 Å². The topological polar surface area (TPSA) is 61.4 Å². The van der Waals surface area contributed by atoms with Crippen LogP contribution >= 0.6 is 0 Å². The van der Waals surface area contributed by atoms with Crippen LogP contribution in [0.5, 0.6) is 0 Å². The molecule has 4 nitrogen and oxygen atoms in total. The predicted molar refractivity (Wildman–Crippen MR) is 98.6 cm³/mol. The van der Waals surface area contributed by atoms with Gasteiger partial charge in [0.2, 0.25) is 5.91 Å². The van der Waals surface area contributed by atoms with Crippen molar-refractivity contribution < 1.29 is 9.90 Å². The first-order valence-corrected chi connectivity index (χ1v) is 9.85. The van der Waals surface area contributed by atoms with Gasteiger partial charge in [0.05, 0.1) is 6.61 Å². The van der Waals surface area contributed by atoms with Crippen molar-refractivity contribution in [1.82, 2.24) is 10.6 Å². The predicted octanol–water partition coefficient (Wildman–Crippen LogP) is 3.77. The van der Waals surface area contributed by atoms with Crippen LogP contribution in [0.1, 0.15) is 90.9 Å². The van der Waals surface area contributed by atoms with Crippen molar-refractivity contribution in [3.63, 3.8) is 0 Å². The summed E-state index contributed by atoms with van der Waals surface area (Å²) in [5, 5.41) is 15.2. The van der Waals surface area contributed by atoms with Crippen LogP contribution in [0.2, 0.25) is 0 Å². The highest BCUT2D eigenvalue weighted by Gasteiger charge is 2.05. The lowest BCUT2D eigenvalue weighted by molar-refractivity contribution is -0.121. The van der Waals surface area contributed by atoms with Gasteiger partial charge in [0.25, 0.3) is 0 Å². The van der Waals surface area contributed by atoms with Crippen molar-refractivity contribution in [2.45, 2.75) is 96.9 Å². The zero-order valence-corrected chi connectivity index (χ0v) is 15.5. The smallest absolute Gasteiger partial charge is 0.221 e. The first kappa shape index (κ1) is 22.4. The maximum absolute atomic E-state index is 11.6. The van der Waals surface area contributed by atoms with Crippen LogP contribution in [0.15, 0.2) is 0 Å². The van der Waals surface area contributed by atoms with Crippen molar-refractivity contribution in [2.24, 2.45) is 0 Å². The highest BCUT2D eigenvalue weighted by Crippen LogP contribution is 2.10. The molecule has 0 radical (unpaired) electrons. The quantitative estimate of drug-likeness (QED) is 0.356. The first-order chi connectivity index (χ1) is 11.2. The molecule has 0 fully saturated rings. The van der Waals surface area contributed by atoms with Crippen molar-refractivity contribution in [3.8, 4) is 0 Å². The molecule has 1 atom stereocenters. The Balaban J connectivity index is 3.23. The Morgan fingerprint density at radius 1 is 0.870 bits per heavy atom. The average molecular weight is 329 g/mol. The van der Waals surface area contributed by atoms with Gasteiger partial charge in [-0.05, 0) is 12.8 Å². The molecular formula is C19H40N2O2. The molecule has 1 unspecified atom stereocenters. The molecule has 3 N–H and O–H groups in total. The van der Waals surface area contributed by atoms with Gasteiger partial charge in [0.15, 0.2) is 0 Å². The summed E-state index contributed by atoms with van der Waals surface area (Å²) in [5.41, 5.74) is 0. The number of nitrogens with one attached hydrogen (secondary N) is 2. The number of aliphatic hydroxyl groups is 1. The molecule has 0 spiro atoms. The van der Waals surface area contributed by atoms with Gasteiger partial charge in [0, 0.05) is 25.6 Å². The Morgan fingerprint density at radius 3 is 1.96 bits per heavy atom.